The number of benzene rings is 1. The zero-order chi connectivity index (χ0) is 12.3. The van der Waals surface area contributed by atoms with Gasteiger partial charge in [-0.05, 0) is 19.4 Å². The molecule has 0 aliphatic carbocycles. The van der Waals surface area contributed by atoms with Gasteiger partial charge in [0.15, 0.2) is 5.82 Å². The summed E-state index contributed by atoms with van der Waals surface area (Å²) in [6.45, 7) is 4.71. The van der Waals surface area contributed by atoms with Crippen LogP contribution in [0, 0.1) is 13.8 Å². The van der Waals surface area contributed by atoms with E-state index in [4.69, 9.17) is 10.3 Å². The first-order valence-corrected chi connectivity index (χ1v) is 5.76. The van der Waals surface area contributed by atoms with Gasteiger partial charge in [-0.3, -0.25) is 0 Å². The molecule has 1 heterocycles. The summed E-state index contributed by atoms with van der Waals surface area (Å²) < 4.78 is 5.10. The van der Waals surface area contributed by atoms with Crippen LogP contribution in [0.5, 0.6) is 0 Å². The van der Waals surface area contributed by atoms with Crippen molar-refractivity contribution in [2.24, 2.45) is 5.73 Å². The number of rotatable bonds is 4. The summed E-state index contributed by atoms with van der Waals surface area (Å²) in [6.07, 6.45) is 1.34. The zero-order valence-electron chi connectivity index (χ0n) is 10.2. The van der Waals surface area contributed by atoms with Crippen molar-refractivity contribution in [2.75, 3.05) is 6.54 Å². The molecular formula is C13H17N3O. The van der Waals surface area contributed by atoms with Gasteiger partial charge in [-0.25, -0.2) is 0 Å². The lowest BCUT2D eigenvalue weighted by molar-refractivity contribution is 0.375. The van der Waals surface area contributed by atoms with Crippen LogP contribution in [0.2, 0.25) is 0 Å². The molecule has 0 atom stereocenters. The van der Waals surface area contributed by atoms with Gasteiger partial charge in [0.25, 0.3) is 0 Å². The Balaban J connectivity index is 2.13. The summed E-state index contributed by atoms with van der Waals surface area (Å²) >= 11 is 0. The van der Waals surface area contributed by atoms with Crippen LogP contribution in [0.4, 0.5) is 0 Å². The lowest BCUT2D eigenvalue weighted by atomic mass is 10.1. The lowest BCUT2D eigenvalue weighted by Crippen LogP contribution is -2.03. The van der Waals surface area contributed by atoms with Crippen LogP contribution in [0.15, 0.2) is 22.7 Å². The molecule has 0 aliphatic rings. The van der Waals surface area contributed by atoms with E-state index in [9.17, 15) is 0 Å². The van der Waals surface area contributed by atoms with Crippen LogP contribution < -0.4 is 5.73 Å². The summed E-state index contributed by atoms with van der Waals surface area (Å²) in [5, 5.41) is 3.95. The standard InChI is InChI=1S/C13H17N3O/c1-9-5-10(2)7-11(6-9)8-12-15-13(3-4-14)17-16-12/h5-7H,3-4,8,14H2,1-2H3. The molecule has 0 saturated heterocycles. The first-order chi connectivity index (χ1) is 8.17. The van der Waals surface area contributed by atoms with Crippen LogP contribution in [-0.2, 0) is 12.8 Å². The van der Waals surface area contributed by atoms with Gasteiger partial charge in [0.1, 0.15) is 0 Å². The average molecular weight is 231 g/mol. The molecule has 4 heteroatoms. The number of nitrogens with two attached hydrogens (primary N) is 1. The molecule has 0 unspecified atom stereocenters. The van der Waals surface area contributed by atoms with Crippen molar-refractivity contribution in [3.8, 4) is 0 Å². The van der Waals surface area contributed by atoms with Crippen LogP contribution in [0.25, 0.3) is 0 Å². The maximum absolute atomic E-state index is 5.43. The Labute approximate surface area is 101 Å². The molecule has 0 saturated carbocycles. The number of aryl methyl sites for hydroxylation is 2. The second kappa shape index (κ2) is 5.10. The van der Waals surface area contributed by atoms with E-state index >= 15 is 0 Å². The van der Waals surface area contributed by atoms with Crippen LogP contribution in [0.1, 0.15) is 28.4 Å². The molecule has 2 N–H and O–H groups in total. The third kappa shape index (κ3) is 3.14. The molecule has 4 nitrogen and oxygen atoms in total. The molecule has 90 valence electrons. The van der Waals surface area contributed by atoms with Crippen LogP contribution in [-0.4, -0.2) is 16.7 Å². The maximum Gasteiger partial charge on any atom is 0.227 e. The Morgan fingerprint density at radius 3 is 2.53 bits per heavy atom. The molecule has 1 aromatic carbocycles. The van der Waals surface area contributed by atoms with E-state index in [0.29, 0.717) is 25.3 Å². The van der Waals surface area contributed by atoms with Crippen LogP contribution >= 0.6 is 0 Å². The fraction of sp³-hybridized carbons (Fsp3) is 0.385. The highest BCUT2D eigenvalue weighted by Crippen LogP contribution is 2.12. The number of hydrogen-bond donors (Lipinski definition) is 1. The van der Waals surface area contributed by atoms with Crippen molar-refractivity contribution >= 4 is 0 Å². The van der Waals surface area contributed by atoms with E-state index in [-0.39, 0.29) is 0 Å². The Bertz CT molecular complexity index is 485. The Hall–Kier alpha value is -1.68. The topological polar surface area (TPSA) is 64.9 Å². The van der Waals surface area contributed by atoms with E-state index in [1.54, 1.807) is 0 Å². The lowest BCUT2D eigenvalue weighted by Gasteiger charge is -2.01. The highest BCUT2D eigenvalue weighted by Gasteiger charge is 2.06. The third-order valence-electron chi connectivity index (χ3n) is 2.51. The molecule has 1 aromatic heterocycles. The highest BCUT2D eigenvalue weighted by molar-refractivity contribution is 5.30. The fourth-order valence-corrected chi connectivity index (χ4v) is 1.94. The van der Waals surface area contributed by atoms with Gasteiger partial charge in [-0.15, -0.1) is 0 Å². The van der Waals surface area contributed by atoms with Crippen molar-refractivity contribution in [3.63, 3.8) is 0 Å². The molecule has 2 rings (SSSR count). The van der Waals surface area contributed by atoms with Gasteiger partial charge in [0, 0.05) is 19.4 Å². The molecule has 2 aromatic rings. The summed E-state index contributed by atoms with van der Waals surface area (Å²) in [5.41, 5.74) is 9.16. The second-order valence-corrected chi connectivity index (χ2v) is 4.32. The van der Waals surface area contributed by atoms with Crippen molar-refractivity contribution in [1.82, 2.24) is 10.1 Å². The minimum Gasteiger partial charge on any atom is -0.339 e. The summed E-state index contributed by atoms with van der Waals surface area (Å²) in [6, 6.07) is 6.44. The molecular weight excluding hydrogens is 214 g/mol. The van der Waals surface area contributed by atoms with Crippen molar-refractivity contribution in [2.45, 2.75) is 26.7 Å². The molecule has 0 radical (unpaired) electrons. The molecule has 0 amide bonds. The van der Waals surface area contributed by atoms with Gasteiger partial charge >= 0.3 is 0 Å². The minimum atomic E-state index is 0.533. The second-order valence-electron chi connectivity index (χ2n) is 4.32. The first-order valence-electron chi connectivity index (χ1n) is 5.76. The quantitative estimate of drug-likeness (QED) is 0.871. The van der Waals surface area contributed by atoms with Gasteiger partial charge in [0.05, 0.1) is 0 Å². The number of aromatic nitrogens is 2. The van der Waals surface area contributed by atoms with Crippen molar-refractivity contribution in [3.05, 3.63) is 46.6 Å². The monoisotopic (exact) mass is 231 g/mol. The molecule has 17 heavy (non-hydrogen) atoms. The predicted octanol–water partition coefficient (Wildman–Crippen LogP) is 1.78. The number of hydrogen-bond acceptors (Lipinski definition) is 4. The predicted molar refractivity (Wildman–Crippen MR) is 65.8 cm³/mol. The van der Waals surface area contributed by atoms with Gasteiger partial charge in [-0.1, -0.05) is 34.5 Å². The average Bonchev–Trinajstić information content (AvgIpc) is 2.64. The van der Waals surface area contributed by atoms with E-state index < -0.39 is 0 Å². The van der Waals surface area contributed by atoms with Gasteiger partial charge in [0.2, 0.25) is 5.89 Å². The third-order valence-corrected chi connectivity index (χ3v) is 2.51. The molecule has 0 fully saturated rings. The first kappa shape index (κ1) is 11.8. The van der Waals surface area contributed by atoms with Gasteiger partial charge in [-0.2, -0.15) is 4.98 Å². The normalized spacial score (nSPS) is 10.8. The Morgan fingerprint density at radius 2 is 1.88 bits per heavy atom. The maximum atomic E-state index is 5.43. The fourth-order valence-electron chi connectivity index (χ4n) is 1.94. The van der Waals surface area contributed by atoms with E-state index in [1.165, 1.54) is 16.7 Å². The van der Waals surface area contributed by atoms with E-state index in [2.05, 4.69) is 42.2 Å². The Morgan fingerprint density at radius 1 is 1.18 bits per heavy atom. The summed E-state index contributed by atoms with van der Waals surface area (Å²) in [4.78, 5) is 4.30. The van der Waals surface area contributed by atoms with Crippen LogP contribution in [0.3, 0.4) is 0 Å². The molecule has 0 spiro atoms. The molecule has 0 aliphatic heterocycles. The largest absolute Gasteiger partial charge is 0.339 e. The van der Waals surface area contributed by atoms with Crippen molar-refractivity contribution < 1.29 is 4.52 Å². The summed E-state index contributed by atoms with van der Waals surface area (Å²) in [5.74, 6) is 1.34. The zero-order valence-corrected chi connectivity index (χ0v) is 10.2. The number of nitrogens with zero attached hydrogens (tertiary/aromatic N) is 2. The van der Waals surface area contributed by atoms with Crippen molar-refractivity contribution in [1.29, 1.82) is 0 Å². The smallest absolute Gasteiger partial charge is 0.227 e. The Kier molecular flexibility index (Phi) is 3.54. The minimum absolute atomic E-state index is 0.533. The summed E-state index contributed by atoms with van der Waals surface area (Å²) in [7, 11) is 0. The van der Waals surface area contributed by atoms with Gasteiger partial charge < -0.3 is 10.3 Å². The highest BCUT2D eigenvalue weighted by atomic mass is 16.5. The van der Waals surface area contributed by atoms with E-state index in [1.807, 2.05) is 0 Å². The van der Waals surface area contributed by atoms with E-state index in [0.717, 1.165) is 5.82 Å². The SMILES string of the molecule is Cc1cc(C)cc(Cc2noc(CCN)n2)c1. The molecule has 0 bridgehead atoms.